The van der Waals surface area contributed by atoms with Gasteiger partial charge in [0.2, 0.25) is 0 Å². The quantitative estimate of drug-likeness (QED) is 0.191. The van der Waals surface area contributed by atoms with E-state index in [0.717, 1.165) is 12.2 Å². The number of benzene rings is 1. The number of carbonyl (C=O) groups excluding carboxylic acids is 2. The lowest BCUT2D eigenvalue weighted by atomic mass is 9.96. The molecule has 1 spiro atoms. The maximum Gasteiger partial charge on any atom is 0.295 e. The number of anilines is 1. The van der Waals surface area contributed by atoms with Crippen molar-refractivity contribution in [3.63, 3.8) is 0 Å². The molecule has 14 nitrogen and oxygen atoms in total. The maximum atomic E-state index is 13.5. The van der Waals surface area contributed by atoms with Gasteiger partial charge >= 0.3 is 0 Å². The van der Waals surface area contributed by atoms with Gasteiger partial charge in [-0.25, -0.2) is 14.6 Å². The zero-order valence-corrected chi connectivity index (χ0v) is 21.9. The molecule has 2 saturated heterocycles. The third-order valence-corrected chi connectivity index (χ3v) is 7.73. The molecule has 2 aliphatic rings. The Morgan fingerprint density at radius 2 is 1.90 bits per heavy atom. The zero-order chi connectivity index (χ0) is 27.4. The number of methoxy groups -OCH3 is 1. The van der Waals surface area contributed by atoms with Crippen molar-refractivity contribution in [3.05, 3.63) is 60.4 Å². The van der Waals surface area contributed by atoms with E-state index < -0.39 is 11.7 Å². The molecular weight excluding hydrogens is 514 g/mol. The SMILES string of the molecule is COc1cnc(-n2cnc(C)n2)c2[nH]cc(C(=O)C(=O)N3CCC4(CC3)CN4c3nnnn3-c3ccccc3)c12. The molecular formula is C26H25N11O3. The van der Waals surface area contributed by atoms with Crippen LogP contribution in [0.1, 0.15) is 29.0 Å². The summed E-state index contributed by atoms with van der Waals surface area (Å²) in [7, 11) is 1.50. The minimum atomic E-state index is -0.604. The standard InChI is InChI=1S/C26H25N11O3/c1-16-29-15-36(31-16)23-21-20(19(40-2)13-28-23)18(12-27-21)22(38)24(39)34-10-8-26(9-11-34)14-35(26)25-30-32-33-37(25)17-6-4-3-5-7-17/h3-7,12-13,15,27H,8-11,14H2,1-2H3. The molecule has 14 heteroatoms. The summed E-state index contributed by atoms with van der Waals surface area (Å²) in [4.78, 5) is 42.4. The minimum Gasteiger partial charge on any atom is -0.494 e. The van der Waals surface area contributed by atoms with Crippen molar-refractivity contribution in [2.45, 2.75) is 25.3 Å². The molecule has 0 unspecified atom stereocenters. The van der Waals surface area contributed by atoms with Crippen LogP contribution in [0.15, 0.2) is 49.1 Å². The van der Waals surface area contributed by atoms with Crippen LogP contribution in [0.3, 0.4) is 0 Å². The molecule has 0 aliphatic carbocycles. The number of fused-ring (bicyclic) bond motifs is 1. The number of aromatic amines is 1. The Morgan fingerprint density at radius 1 is 1.10 bits per heavy atom. The molecule has 5 aromatic rings. The number of amides is 1. The molecule has 202 valence electrons. The van der Waals surface area contributed by atoms with E-state index in [2.05, 4.69) is 40.5 Å². The number of ketones is 1. The lowest BCUT2D eigenvalue weighted by Crippen LogP contribution is -2.45. The minimum absolute atomic E-state index is 0.123. The number of nitrogens with one attached hydrogen (secondary N) is 1. The van der Waals surface area contributed by atoms with E-state index in [1.165, 1.54) is 24.2 Å². The fourth-order valence-corrected chi connectivity index (χ4v) is 5.50. The molecule has 7 rings (SSSR count). The topological polar surface area (TPSA) is 153 Å². The van der Waals surface area contributed by atoms with Crippen molar-refractivity contribution in [2.75, 3.05) is 31.6 Å². The van der Waals surface area contributed by atoms with Crippen LogP contribution >= 0.6 is 0 Å². The van der Waals surface area contributed by atoms with Crippen molar-refractivity contribution in [1.82, 2.24) is 49.8 Å². The van der Waals surface area contributed by atoms with Gasteiger partial charge in [0.25, 0.3) is 17.6 Å². The summed E-state index contributed by atoms with van der Waals surface area (Å²) in [5.74, 6) is 0.949. The van der Waals surface area contributed by atoms with Crippen LogP contribution in [0.5, 0.6) is 5.75 Å². The largest absolute Gasteiger partial charge is 0.494 e. The number of aryl methyl sites for hydroxylation is 1. The van der Waals surface area contributed by atoms with Gasteiger partial charge in [-0.3, -0.25) is 9.59 Å². The monoisotopic (exact) mass is 539 g/mol. The first-order valence-electron chi connectivity index (χ1n) is 12.9. The molecule has 0 saturated carbocycles. The summed E-state index contributed by atoms with van der Waals surface area (Å²) < 4.78 is 8.74. The number of pyridine rings is 1. The Morgan fingerprint density at radius 3 is 2.62 bits per heavy atom. The first-order valence-corrected chi connectivity index (χ1v) is 12.9. The van der Waals surface area contributed by atoms with Gasteiger partial charge in [0.05, 0.1) is 41.0 Å². The fourth-order valence-electron chi connectivity index (χ4n) is 5.50. The summed E-state index contributed by atoms with van der Waals surface area (Å²) in [5, 5.41) is 17.1. The van der Waals surface area contributed by atoms with Gasteiger partial charge in [-0.1, -0.05) is 23.3 Å². The summed E-state index contributed by atoms with van der Waals surface area (Å²) in [5.41, 5.74) is 1.52. The van der Waals surface area contributed by atoms with E-state index in [4.69, 9.17) is 4.74 Å². The number of tetrazole rings is 1. The zero-order valence-electron chi connectivity index (χ0n) is 21.9. The molecule has 1 N–H and O–H groups in total. The number of H-pyrrole nitrogens is 1. The third-order valence-electron chi connectivity index (χ3n) is 7.73. The van der Waals surface area contributed by atoms with Gasteiger partial charge < -0.3 is 19.5 Å². The van der Waals surface area contributed by atoms with E-state index in [9.17, 15) is 9.59 Å². The predicted molar refractivity (Wildman–Crippen MR) is 142 cm³/mol. The van der Waals surface area contributed by atoms with Crippen LogP contribution in [0.2, 0.25) is 0 Å². The Kier molecular flexibility index (Phi) is 5.37. The molecule has 2 fully saturated rings. The second kappa shape index (κ2) is 8.97. The molecule has 6 heterocycles. The Hall–Kier alpha value is -5.14. The van der Waals surface area contributed by atoms with Crippen LogP contribution in [0.25, 0.3) is 22.4 Å². The average Bonchev–Trinajstić information content (AvgIpc) is 3.44. The highest BCUT2D eigenvalue weighted by molar-refractivity contribution is 6.45. The number of likely N-dealkylation sites (tertiary alicyclic amines) is 1. The van der Waals surface area contributed by atoms with E-state index in [-0.39, 0.29) is 11.1 Å². The Labute approximate surface area is 227 Å². The van der Waals surface area contributed by atoms with Crippen molar-refractivity contribution >= 4 is 28.5 Å². The van der Waals surface area contributed by atoms with E-state index in [1.54, 1.807) is 22.8 Å². The maximum absolute atomic E-state index is 13.5. The molecule has 4 aromatic heterocycles. The van der Waals surface area contributed by atoms with E-state index >= 15 is 0 Å². The predicted octanol–water partition coefficient (Wildman–Crippen LogP) is 1.50. The first-order chi connectivity index (χ1) is 19.5. The summed E-state index contributed by atoms with van der Waals surface area (Å²) >= 11 is 0. The molecule has 2 aliphatic heterocycles. The molecule has 1 amide bonds. The van der Waals surface area contributed by atoms with Crippen molar-refractivity contribution < 1.29 is 14.3 Å². The Balaban J connectivity index is 1.09. The van der Waals surface area contributed by atoms with Gasteiger partial charge in [0, 0.05) is 25.8 Å². The van der Waals surface area contributed by atoms with Gasteiger partial charge in [0.1, 0.15) is 17.9 Å². The highest BCUT2D eigenvalue weighted by atomic mass is 16.5. The first kappa shape index (κ1) is 23.9. The molecule has 1 aromatic carbocycles. The van der Waals surface area contributed by atoms with E-state index in [0.29, 0.717) is 60.2 Å². The lowest BCUT2D eigenvalue weighted by molar-refractivity contribution is -0.127. The van der Waals surface area contributed by atoms with Crippen LogP contribution in [0.4, 0.5) is 5.95 Å². The lowest BCUT2D eigenvalue weighted by Gasteiger charge is -2.32. The number of carbonyl (C=O) groups is 2. The number of hydrogen-bond donors (Lipinski definition) is 1. The van der Waals surface area contributed by atoms with Crippen molar-refractivity contribution in [1.29, 1.82) is 0 Å². The van der Waals surface area contributed by atoms with Crippen LogP contribution < -0.4 is 9.64 Å². The number of Topliss-reactive ketones (excluding diaryl/α,β-unsaturated/α-hetero) is 1. The number of hydrogen-bond acceptors (Lipinski definition) is 10. The third kappa shape index (κ3) is 3.71. The second-order valence-corrected chi connectivity index (χ2v) is 10.00. The molecule has 0 radical (unpaired) electrons. The normalized spacial score (nSPS) is 16.1. The van der Waals surface area contributed by atoms with Crippen LogP contribution in [-0.2, 0) is 4.79 Å². The molecule has 0 atom stereocenters. The van der Waals surface area contributed by atoms with Crippen LogP contribution in [0, 0.1) is 6.92 Å². The van der Waals surface area contributed by atoms with Crippen LogP contribution in [-0.4, -0.2) is 93.8 Å². The summed E-state index contributed by atoms with van der Waals surface area (Å²) in [6, 6.07) is 9.73. The summed E-state index contributed by atoms with van der Waals surface area (Å²) in [6.07, 6.45) is 6.01. The highest BCUT2D eigenvalue weighted by Crippen LogP contribution is 2.45. The molecule has 0 bridgehead atoms. The number of aromatic nitrogens is 9. The smallest absolute Gasteiger partial charge is 0.295 e. The average molecular weight is 540 g/mol. The van der Waals surface area contributed by atoms with Crippen molar-refractivity contribution in [2.24, 2.45) is 0 Å². The van der Waals surface area contributed by atoms with E-state index in [1.807, 2.05) is 30.3 Å². The van der Waals surface area contributed by atoms with Crippen molar-refractivity contribution in [3.8, 4) is 17.3 Å². The Bertz CT molecular complexity index is 1750. The number of nitrogens with zero attached hydrogens (tertiary/aromatic N) is 10. The highest BCUT2D eigenvalue weighted by Gasteiger charge is 2.56. The molecule has 40 heavy (non-hydrogen) atoms. The van der Waals surface area contributed by atoms with Gasteiger partial charge in [-0.2, -0.15) is 9.78 Å². The number of rotatable bonds is 6. The number of ether oxygens (including phenoxy) is 1. The van der Waals surface area contributed by atoms with Gasteiger partial charge in [-0.15, -0.1) is 0 Å². The fraction of sp³-hybridized carbons (Fsp3) is 0.308. The second-order valence-electron chi connectivity index (χ2n) is 10.00. The number of piperidine rings is 1. The summed E-state index contributed by atoms with van der Waals surface area (Å²) in [6.45, 7) is 3.48. The van der Waals surface area contributed by atoms with Gasteiger partial charge in [-0.05, 0) is 42.3 Å². The number of para-hydroxylation sites is 1. The van der Waals surface area contributed by atoms with Gasteiger partial charge in [0.15, 0.2) is 5.82 Å².